The first-order valence-corrected chi connectivity index (χ1v) is 7.00. The lowest BCUT2D eigenvalue weighted by atomic mass is 9.93. The summed E-state index contributed by atoms with van der Waals surface area (Å²) < 4.78 is 0. The number of hydrogen-bond donors (Lipinski definition) is 1. The van der Waals surface area contributed by atoms with Gasteiger partial charge in [-0.05, 0) is 19.5 Å². The Hall–Kier alpha value is -0.870. The van der Waals surface area contributed by atoms with E-state index in [0.717, 1.165) is 24.7 Å². The molecular formula is C14H25ClN4. The molecule has 5 heteroatoms. The summed E-state index contributed by atoms with van der Waals surface area (Å²) in [6, 6.07) is 1.78. The van der Waals surface area contributed by atoms with Crippen molar-refractivity contribution < 1.29 is 0 Å². The molecule has 108 valence electrons. The molecule has 0 saturated carbocycles. The van der Waals surface area contributed by atoms with Gasteiger partial charge in [-0.3, -0.25) is 0 Å². The Balaban J connectivity index is 2.72. The fourth-order valence-electron chi connectivity index (χ4n) is 2.03. The highest BCUT2D eigenvalue weighted by Gasteiger charge is 2.19. The van der Waals surface area contributed by atoms with Gasteiger partial charge < -0.3 is 10.2 Å². The van der Waals surface area contributed by atoms with E-state index >= 15 is 0 Å². The van der Waals surface area contributed by atoms with E-state index in [-0.39, 0.29) is 11.3 Å². The van der Waals surface area contributed by atoms with Crippen LogP contribution in [0.15, 0.2) is 6.07 Å². The number of rotatable bonds is 6. The van der Waals surface area contributed by atoms with E-state index in [2.05, 4.69) is 62.0 Å². The molecule has 0 fully saturated rings. The van der Waals surface area contributed by atoms with Crippen molar-refractivity contribution in [3.63, 3.8) is 0 Å². The molecule has 0 unspecified atom stereocenters. The summed E-state index contributed by atoms with van der Waals surface area (Å²) in [5.41, 5.74) is 0.166. The van der Waals surface area contributed by atoms with Crippen LogP contribution in [0.1, 0.15) is 39.4 Å². The lowest BCUT2D eigenvalue weighted by Crippen LogP contribution is -2.34. The Morgan fingerprint density at radius 2 is 1.95 bits per heavy atom. The Morgan fingerprint density at radius 1 is 1.32 bits per heavy atom. The zero-order chi connectivity index (χ0) is 14.6. The van der Waals surface area contributed by atoms with Gasteiger partial charge in [0.05, 0.1) is 0 Å². The average molecular weight is 285 g/mol. The standard InChI is InChI=1S/C14H25ClN4/c1-10(2)13-17-11(15)7-12(18-13)16-8-14(3,4)9-19(5)6/h7,10H,8-9H2,1-6H3,(H,16,17,18). The lowest BCUT2D eigenvalue weighted by Gasteiger charge is -2.28. The van der Waals surface area contributed by atoms with Gasteiger partial charge >= 0.3 is 0 Å². The van der Waals surface area contributed by atoms with Crippen molar-refractivity contribution in [3.05, 3.63) is 17.0 Å². The van der Waals surface area contributed by atoms with E-state index in [4.69, 9.17) is 11.6 Å². The van der Waals surface area contributed by atoms with Gasteiger partial charge in [0.25, 0.3) is 0 Å². The molecule has 0 radical (unpaired) electrons. The highest BCUT2D eigenvalue weighted by molar-refractivity contribution is 6.29. The smallest absolute Gasteiger partial charge is 0.135 e. The van der Waals surface area contributed by atoms with Crippen LogP contribution >= 0.6 is 11.6 Å². The fourth-order valence-corrected chi connectivity index (χ4v) is 2.22. The van der Waals surface area contributed by atoms with E-state index in [9.17, 15) is 0 Å². The van der Waals surface area contributed by atoms with Crippen LogP contribution in [0.3, 0.4) is 0 Å². The normalized spacial score (nSPS) is 12.3. The molecule has 0 amide bonds. The molecular weight excluding hydrogens is 260 g/mol. The highest BCUT2D eigenvalue weighted by atomic mass is 35.5. The molecule has 0 aliphatic heterocycles. The van der Waals surface area contributed by atoms with E-state index in [0.29, 0.717) is 5.15 Å². The molecule has 4 nitrogen and oxygen atoms in total. The maximum atomic E-state index is 6.03. The van der Waals surface area contributed by atoms with Crippen LogP contribution in [0.2, 0.25) is 5.15 Å². The topological polar surface area (TPSA) is 41.1 Å². The molecule has 0 aliphatic rings. The van der Waals surface area contributed by atoms with Crippen LogP contribution in [0, 0.1) is 5.41 Å². The van der Waals surface area contributed by atoms with E-state index in [1.807, 2.05) is 0 Å². The molecule has 0 aliphatic carbocycles. The fraction of sp³-hybridized carbons (Fsp3) is 0.714. The summed E-state index contributed by atoms with van der Waals surface area (Å²) >= 11 is 6.03. The summed E-state index contributed by atoms with van der Waals surface area (Å²) in [5, 5.41) is 3.86. The molecule has 0 bridgehead atoms. The molecule has 19 heavy (non-hydrogen) atoms. The zero-order valence-electron chi connectivity index (χ0n) is 12.8. The van der Waals surface area contributed by atoms with Crippen molar-refractivity contribution in [1.29, 1.82) is 0 Å². The minimum absolute atomic E-state index is 0.166. The van der Waals surface area contributed by atoms with Crippen molar-refractivity contribution in [3.8, 4) is 0 Å². The van der Waals surface area contributed by atoms with Gasteiger partial charge in [-0.2, -0.15) is 0 Å². The number of nitrogens with zero attached hydrogens (tertiary/aromatic N) is 3. The van der Waals surface area contributed by atoms with E-state index in [1.165, 1.54) is 0 Å². The quantitative estimate of drug-likeness (QED) is 0.814. The van der Waals surface area contributed by atoms with Crippen LogP contribution in [0.4, 0.5) is 5.82 Å². The monoisotopic (exact) mass is 284 g/mol. The van der Waals surface area contributed by atoms with Gasteiger partial charge in [-0.25, -0.2) is 9.97 Å². The van der Waals surface area contributed by atoms with Crippen molar-refractivity contribution in [2.24, 2.45) is 5.41 Å². The Morgan fingerprint density at radius 3 is 2.47 bits per heavy atom. The van der Waals surface area contributed by atoms with Crippen molar-refractivity contribution >= 4 is 17.4 Å². The molecule has 1 heterocycles. The average Bonchev–Trinajstić information content (AvgIpc) is 2.24. The van der Waals surface area contributed by atoms with Gasteiger partial charge in [0.2, 0.25) is 0 Å². The van der Waals surface area contributed by atoms with Gasteiger partial charge in [0.15, 0.2) is 0 Å². The number of aromatic nitrogens is 2. The second-order valence-corrected chi connectivity index (χ2v) is 6.73. The van der Waals surface area contributed by atoms with Crippen LogP contribution in [-0.2, 0) is 0 Å². The molecule has 1 aromatic rings. The predicted molar refractivity (Wildman–Crippen MR) is 82.0 cm³/mol. The van der Waals surface area contributed by atoms with Crippen LogP contribution in [0.25, 0.3) is 0 Å². The first kappa shape index (κ1) is 16.2. The summed E-state index contributed by atoms with van der Waals surface area (Å²) in [6.07, 6.45) is 0. The second-order valence-electron chi connectivity index (χ2n) is 6.34. The maximum Gasteiger partial charge on any atom is 0.135 e. The number of hydrogen-bond acceptors (Lipinski definition) is 4. The van der Waals surface area contributed by atoms with Gasteiger partial charge in [0.1, 0.15) is 16.8 Å². The number of anilines is 1. The van der Waals surface area contributed by atoms with Crippen LogP contribution in [-0.4, -0.2) is 42.1 Å². The number of halogens is 1. The molecule has 0 atom stereocenters. The summed E-state index contributed by atoms with van der Waals surface area (Å²) in [5.74, 6) is 1.85. The maximum absolute atomic E-state index is 6.03. The SMILES string of the molecule is CC(C)c1nc(Cl)cc(NCC(C)(C)CN(C)C)n1. The van der Waals surface area contributed by atoms with Crippen molar-refractivity contribution in [2.45, 2.75) is 33.6 Å². The minimum atomic E-state index is 0.166. The second kappa shape index (κ2) is 6.53. The van der Waals surface area contributed by atoms with Gasteiger partial charge in [0, 0.05) is 25.1 Å². The summed E-state index contributed by atoms with van der Waals surface area (Å²) in [4.78, 5) is 10.9. The van der Waals surface area contributed by atoms with Gasteiger partial charge in [-0.15, -0.1) is 0 Å². The first-order valence-electron chi connectivity index (χ1n) is 6.63. The van der Waals surface area contributed by atoms with Crippen LogP contribution in [0.5, 0.6) is 0 Å². The molecule has 1 rings (SSSR count). The highest BCUT2D eigenvalue weighted by Crippen LogP contribution is 2.20. The van der Waals surface area contributed by atoms with E-state index in [1.54, 1.807) is 6.07 Å². The molecule has 0 aromatic carbocycles. The molecule has 0 spiro atoms. The Kier molecular flexibility index (Phi) is 5.56. The molecule has 1 aromatic heterocycles. The lowest BCUT2D eigenvalue weighted by molar-refractivity contribution is 0.254. The third kappa shape index (κ3) is 5.74. The van der Waals surface area contributed by atoms with Crippen molar-refractivity contribution in [1.82, 2.24) is 14.9 Å². The van der Waals surface area contributed by atoms with Crippen molar-refractivity contribution in [2.75, 3.05) is 32.5 Å². The number of nitrogens with one attached hydrogen (secondary N) is 1. The Bertz CT molecular complexity index is 416. The van der Waals surface area contributed by atoms with Gasteiger partial charge in [-0.1, -0.05) is 39.3 Å². The Labute approximate surface area is 121 Å². The molecule has 0 saturated heterocycles. The first-order chi connectivity index (χ1) is 8.69. The molecule has 1 N–H and O–H groups in total. The zero-order valence-corrected chi connectivity index (χ0v) is 13.5. The predicted octanol–water partition coefficient (Wildman–Crippen LogP) is 3.25. The summed E-state index contributed by atoms with van der Waals surface area (Å²) in [7, 11) is 4.17. The van der Waals surface area contributed by atoms with Crippen LogP contribution < -0.4 is 5.32 Å². The summed E-state index contributed by atoms with van der Waals surface area (Å²) in [6.45, 7) is 10.4. The minimum Gasteiger partial charge on any atom is -0.369 e. The third-order valence-electron chi connectivity index (χ3n) is 2.72. The largest absolute Gasteiger partial charge is 0.369 e. The van der Waals surface area contributed by atoms with E-state index < -0.39 is 0 Å². The third-order valence-corrected chi connectivity index (χ3v) is 2.91.